The minimum Gasteiger partial charge on any atom is -0.492 e. The number of fused-ring (bicyclic) bond motifs is 1. The zero-order valence-corrected chi connectivity index (χ0v) is 9.56. The lowest BCUT2D eigenvalue weighted by Gasteiger charge is -2.08. The fourth-order valence-electron chi connectivity index (χ4n) is 1.94. The van der Waals surface area contributed by atoms with Crippen molar-refractivity contribution in [3.05, 3.63) is 30.0 Å². The lowest BCUT2D eigenvalue weighted by atomic mass is 10.1. The molecule has 0 bridgehead atoms. The molecule has 3 heteroatoms. The topological polar surface area (TPSA) is 31.2 Å². The normalized spacial score (nSPS) is 10.6. The molecule has 84 valence electrons. The number of hydrogen-bond donors (Lipinski definition) is 0. The number of carbonyl (C=O) groups excluding carboxylic acids is 1. The van der Waals surface area contributed by atoms with Crippen LogP contribution < -0.4 is 4.74 Å². The first kappa shape index (κ1) is 10.7. The van der Waals surface area contributed by atoms with Gasteiger partial charge >= 0.3 is 0 Å². The molecule has 16 heavy (non-hydrogen) atoms. The van der Waals surface area contributed by atoms with Crippen molar-refractivity contribution >= 4 is 17.2 Å². The number of benzene rings is 1. The van der Waals surface area contributed by atoms with Gasteiger partial charge in [-0.15, -0.1) is 0 Å². The Kier molecular flexibility index (Phi) is 2.95. The highest BCUT2D eigenvalue weighted by Crippen LogP contribution is 2.29. The van der Waals surface area contributed by atoms with E-state index in [1.807, 2.05) is 31.3 Å². The van der Waals surface area contributed by atoms with Gasteiger partial charge in [-0.1, -0.05) is 0 Å². The molecule has 3 nitrogen and oxygen atoms in total. The van der Waals surface area contributed by atoms with Crippen molar-refractivity contribution in [3.63, 3.8) is 0 Å². The van der Waals surface area contributed by atoms with E-state index in [4.69, 9.17) is 4.74 Å². The summed E-state index contributed by atoms with van der Waals surface area (Å²) in [7, 11) is 0. The Balaban J connectivity index is 2.69. The molecule has 0 amide bonds. The van der Waals surface area contributed by atoms with Crippen LogP contribution in [0.15, 0.2) is 24.4 Å². The predicted molar refractivity (Wildman–Crippen MR) is 64.2 cm³/mol. The first-order chi connectivity index (χ1) is 7.81. The minimum absolute atomic E-state index is 0.567. The highest BCUT2D eigenvalue weighted by molar-refractivity contribution is 5.95. The third kappa shape index (κ3) is 1.58. The second kappa shape index (κ2) is 4.39. The van der Waals surface area contributed by atoms with E-state index in [9.17, 15) is 4.79 Å². The number of rotatable bonds is 4. The Hall–Kier alpha value is -1.77. The van der Waals surface area contributed by atoms with Crippen molar-refractivity contribution in [2.45, 2.75) is 20.4 Å². The molecule has 0 fully saturated rings. The summed E-state index contributed by atoms with van der Waals surface area (Å²) < 4.78 is 7.69. The summed E-state index contributed by atoms with van der Waals surface area (Å²) in [5.74, 6) is 0.696. The van der Waals surface area contributed by atoms with Crippen LogP contribution in [0.5, 0.6) is 5.75 Å². The van der Waals surface area contributed by atoms with Crippen molar-refractivity contribution in [2.24, 2.45) is 0 Å². The van der Waals surface area contributed by atoms with E-state index in [0.717, 1.165) is 23.7 Å². The van der Waals surface area contributed by atoms with Crippen LogP contribution in [0.3, 0.4) is 0 Å². The van der Waals surface area contributed by atoms with Gasteiger partial charge in [0.2, 0.25) is 0 Å². The third-order valence-electron chi connectivity index (χ3n) is 2.69. The highest BCUT2D eigenvalue weighted by atomic mass is 16.5. The van der Waals surface area contributed by atoms with Gasteiger partial charge in [-0.05, 0) is 32.0 Å². The van der Waals surface area contributed by atoms with Crippen LogP contribution in [-0.4, -0.2) is 17.5 Å². The largest absolute Gasteiger partial charge is 0.492 e. The molecule has 0 aliphatic carbocycles. The standard InChI is InChI=1S/C13H15NO2/c1-3-14-8-7-11-12(14)6-5-10(9-15)13(11)16-4-2/h5-9H,3-4H2,1-2H3. The van der Waals surface area contributed by atoms with Gasteiger partial charge in [-0.3, -0.25) is 4.79 Å². The summed E-state index contributed by atoms with van der Waals surface area (Å²) in [5, 5.41) is 1.01. The SMILES string of the molecule is CCOc1c(C=O)ccc2c1ccn2CC. The van der Waals surface area contributed by atoms with Crippen molar-refractivity contribution in [2.75, 3.05) is 6.61 Å². The minimum atomic E-state index is 0.567. The lowest BCUT2D eigenvalue weighted by Crippen LogP contribution is -1.97. The van der Waals surface area contributed by atoms with Gasteiger partial charge in [0.05, 0.1) is 17.7 Å². The lowest BCUT2D eigenvalue weighted by molar-refractivity contribution is 0.112. The number of aldehydes is 1. The molecule has 0 saturated heterocycles. The van der Waals surface area contributed by atoms with Crippen LogP contribution in [-0.2, 0) is 6.54 Å². The van der Waals surface area contributed by atoms with Crippen LogP contribution in [0.25, 0.3) is 10.9 Å². The van der Waals surface area contributed by atoms with Crippen molar-refractivity contribution in [1.82, 2.24) is 4.57 Å². The van der Waals surface area contributed by atoms with Gasteiger partial charge in [0, 0.05) is 18.1 Å². The molecule has 2 rings (SSSR count). The fourth-order valence-corrected chi connectivity index (χ4v) is 1.94. The molecule has 1 aromatic carbocycles. The quantitative estimate of drug-likeness (QED) is 0.737. The molecule has 1 heterocycles. The van der Waals surface area contributed by atoms with E-state index in [0.29, 0.717) is 17.9 Å². The zero-order chi connectivity index (χ0) is 11.5. The Morgan fingerprint density at radius 1 is 1.31 bits per heavy atom. The molecule has 0 N–H and O–H groups in total. The zero-order valence-electron chi connectivity index (χ0n) is 9.56. The van der Waals surface area contributed by atoms with Crippen LogP contribution >= 0.6 is 0 Å². The fraction of sp³-hybridized carbons (Fsp3) is 0.308. The summed E-state index contributed by atoms with van der Waals surface area (Å²) in [6.07, 6.45) is 2.86. The Labute approximate surface area is 94.6 Å². The molecular weight excluding hydrogens is 202 g/mol. The van der Waals surface area contributed by atoms with Gasteiger partial charge in [-0.2, -0.15) is 0 Å². The number of ether oxygens (including phenoxy) is 1. The van der Waals surface area contributed by atoms with E-state index in [1.165, 1.54) is 0 Å². The maximum atomic E-state index is 10.9. The Morgan fingerprint density at radius 2 is 2.12 bits per heavy atom. The van der Waals surface area contributed by atoms with Crippen LogP contribution in [0, 0.1) is 0 Å². The molecule has 0 saturated carbocycles. The summed E-state index contributed by atoms with van der Waals surface area (Å²) in [6, 6.07) is 5.77. The van der Waals surface area contributed by atoms with Gasteiger partial charge in [0.15, 0.2) is 6.29 Å². The van der Waals surface area contributed by atoms with Crippen LogP contribution in [0.2, 0.25) is 0 Å². The van der Waals surface area contributed by atoms with E-state index >= 15 is 0 Å². The smallest absolute Gasteiger partial charge is 0.153 e. The van der Waals surface area contributed by atoms with Crippen molar-refractivity contribution in [1.29, 1.82) is 0 Å². The highest BCUT2D eigenvalue weighted by Gasteiger charge is 2.10. The van der Waals surface area contributed by atoms with Gasteiger partial charge in [-0.25, -0.2) is 0 Å². The molecule has 0 aliphatic rings. The molecule has 0 atom stereocenters. The maximum Gasteiger partial charge on any atom is 0.153 e. The number of hydrogen-bond acceptors (Lipinski definition) is 2. The summed E-state index contributed by atoms with van der Waals surface area (Å²) in [4.78, 5) is 10.9. The van der Waals surface area contributed by atoms with Gasteiger partial charge in [0.1, 0.15) is 5.75 Å². The number of nitrogens with zero attached hydrogens (tertiary/aromatic N) is 1. The molecule has 0 spiro atoms. The molecule has 0 aliphatic heterocycles. The van der Waals surface area contributed by atoms with Gasteiger partial charge < -0.3 is 9.30 Å². The van der Waals surface area contributed by atoms with Crippen LogP contribution in [0.1, 0.15) is 24.2 Å². The number of aromatic nitrogens is 1. The Morgan fingerprint density at radius 3 is 2.75 bits per heavy atom. The third-order valence-corrected chi connectivity index (χ3v) is 2.69. The molecular formula is C13H15NO2. The summed E-state index contributed by atoms with van der Waals surface area (Å²) in [6.45, 7) is 5.49. The second-order valence-corrected chi connectivity index (χ2v) is 3.57. The average molecular weight is 217 g/mol. The maximum absolute atomic E-state index is 10.9. The molecule has 0 radical (unpaired) electrons. The first-order valence-electron chi connectivity index (χ1n) is 5.51. The molecule has 2 aromatic rings. The summed E-state index contributed by atoms with van der Waals surface area (Å²) in [5.41, 5.74) is 1.72. The van der Waals surface area contributed by atoms with Gasteiger partial charge in [0.25, 0.3) is 0 Å². The van der Waals surface area contributed by atoms with E-state index in [-0.39, 0.29) is 0 Å². The molecule has 0 unspecified atom stereocenters. The first-order valence-corrected chi connectivity index (χ1v) is 5.51. The van der Waals surface area contributed by atoms with E-state index in [2.05, 4.69) is 11.5 Å². The Bertz CT molecular complexity index is 514. The van der Waals surface area contributed by atoms with E-state index < -0.39 is 0 Å². The number of aryl methyl sites for hydroxylation is 1. The summed E-state index contributed by atoms with van der Waals surface area (Å²) >= 11 is 0. The van der Waals surface area contributed by atoms with E-state index in [1.54, 1.807) is 0 Å². The predicted octanol–water partition coefficient (Wildman–Crippen LogP) is 2.87. The second-order valence-electron chi connectivity index (χ2n) is 3.57. The van der Waals surface area contributed by atoms with Crippen molar-refractivity contribution in [3.8, 4) is 5.75 Å². The molecule has 1 aromatic heterocycles. The number of carbonyl (C=O) groups is 1. The van der Waals surface area contributed by atoms with Crippen molar-refractivity contribution < 1.29 is 9.53 Å². The average Bonchev–Trinajstić information content (AvgIpc) is 2.73. The van der Waals surface area contributed by atoms with Crippen LogP contribution in [0.4, 0.5) is 0 Å². The monoisotopic (exact) mass is 217 g/mol.